The van der Waals surface area contributed by atoms with E-state index >= 15 is 0 Å². The molecule has 6 heteroatoms. The molecular formula is C17H29N3O2S. The van der Waals surface area contributed by atoms with Gasteiger partial charge in [0.1, 0.15) is 0 Å². The van der Waals surface area contributed by atoms with Gasteiger partial charge in [0, 0.05) is 18.6 Å². The SMILES string of the molecule is CNS(=O)(=O)Cc1ccc(CNC2CCN(C(C)C)CC2)cc1. The highest BCUT2D eigenvalue weighted by atomic mass is 32.2. The molecule has 23 heavy (non-hydrogen) atoms. The van der Waals surface area contributed by atoms with E-state index in [-0.39, 0.29) is 5.75 Å². The highest BCUT2D eigenvalue weighted by Gasteiger charge is 2.20. The molecule has 2 rings (SSSR count). The Balaban J connectivity index is 1.79. The maximum absolute atomic E-state index is 11.5. The van der Waals surface area contributed by atoms with Crippen LogP contribution in [-0.4, -0.2) is 45.5 Å². The van der Waals surface area contributed by atoms with Crippen LogP contribution in [0.3, 0.4) is 0 Å². The van der Waals surface area contributed by atoms with Crippen molar-refractivity contribution in [3.05, 3.63) is 35.4 Å². The van der Waals surface area contributed by atoms with E-state index in [9.17, 15) is 8.42 Å². The average molecular weight is 340 g/mol. The van der Waals surface area contributed by atoms with E-state index in [1.54, 1.807) is 0 Å². The van der Waals surface area contributed by atoms with E-state index in [1.165, 1.54) is 25.5 Å². The van der Waals surface area contributed by atoms with Crippen LogP contribution >= 0.6 is 0 Å². The van der Waals surface area contributed by atoms with E-state index in [2.05, 4.69) is 28.8 Å². The number of sulfonamides is 1. The van der Waals surface area contributed by atoms with Crippen LogP contribution in [-0.2, 0) is 22.3 Å². The monoisotopic (exact) mass is 339 g/mol. The fourth-order valence-electron chi connectivity index (χ4n) is 2.93. The molecule has 1 fully saturated rings. The summed E-state index contributed by atoms with van der Waals surface area (Å²) in [5.74, 6) is 0.0326. The number of nitrogens with one attached hydrogen (secondary N) is 2. The van der Waals surface area contributed by atoms with Crippen molar-refractivity contribution < 1.29 is 8.42 Å². The molecule has 1 aliphatic heterocycles. The minimum absolute atomic E-state index is 0.0326. The second kappa shape index (κ2) is 8.24. The highest BCUT2D eigenvalue weighted by molar-refractivity contribution is 7.88. The molecule has 0 unspecified atom stereocenters. The first kappa shape index (κ1) is 18.4. The molecule has 0 radical (unpaired) electrons. The predicted octanol–water partition coefficient (Wildman–Crippen LogP) is 1.70. The third kappa shape index (κ3) is 5.88. The van der Waals surface area contributed by atoms with Crippen LogP contribution < -0.4 is 10.0 Å². The van der Waals surface area contributed by atoms with Crippen molar-refractivity contribution in [1.82, 2.24) is 14.9 Å². The van der Waals surface area contributed by atoms with Crippen molar-refractivity contribution in [3.63, 3.8) is 0 Å². The van der Waals surface area contributed by atoms with E-state index in [1.807, 2.05) is 24.3 Å². The molecule has 0 bridgehead atoms. The van der Waals surface area contributed by atoms with Crippen molar-refractivity contribution in [1.29, 1.82) is 0 Å². The predicted molar refractivity (Wildman–Crippen MR) is 94.7 cm³/mol. The number of likely N-dealkylation sites (tertiary alicyclic amines) is 1. The summed E-state index contributed by atoms with van der Waals surface area (Å²) < 4.78 is 25.4. The summed E-state index contributed by atoms with van der Waals surface area (Å²) in [6.45, 7) is 7.67. The van der Waals surface area contributed by atoms with Crippen molar-refractivity contribution in [3.8, 4) is 0 Å². The first-order valence-electron chi connectivity index (χ1n) is 8.36. The second-order valence-electron chi connectivity index (χ2n) is 6.56. The summed E-state index contributed by atoms with van der Waals surface area (Å²) in [4.78, 5) is 2.52. The number of piperidine rings is 1. The lowest BCUT2D eigenvalue weighted by molar-refractivity contribution is 0.161. The van der Waals surface area contributed by atoms with Gasteiger partial charge in [0.05, 0.1) is 5.75 Å². The van der Waals surface area contributed by atoms with E-state index in [0.29, 0.717) is 12.1 Å². The molecule has 2 N–H and O–H groups in total. The van der Waals surface area contributed by atoms with Crippen molar-refractivity contribution in [2.24, 2.45) is 0 Å². The van der Waals surface area contributed by atoms with Crippen LogP contribution in [0, 0.1) is 0 Å². The molecule has 1 aromatic carbocycles. The summed E-state index contributed by atoms with van der Waals surface area (Å²) in [7, 11) is -1.75. The summed E-state index contributed by atoms with van der Waals surface area (Å²) in [6.07, 6.45) is 2.38. The molecule has 1 aromatic rings. The van der Waals surface area contributed by atoms with Crippen LogP contribution in [0.1, 0.15) is 37.8 Å². The summed E-state index contributed by atoms with van der Waals surface area (Å²) in [5, 5.41) is 3.62. The van der Waals surface area contributed by atoms with Gasteiger partial charge in [0.2, 0.25) is 10.0 Å². The summed E-state index contributed by atoms with van der Waals surface area (Å²) in [6, 6.07) is 9.03. The topological polar surface area (TPSA) is 61.4 Å². The van der Waals surface area contributed by atoms with Crippen LogP contribution in [0.4, 0.5) is 0 Å². The molecule has 1 heterocycles. The number of hydrogen-bond donors (Lipinski definition) is 2. The van der Waals surface area contributed by atoms with Gasteiger partial charge >= 0.3 is 0 Å². The van der Waals surface area contributed by atoms with Crippen molar-refractivity contribution in [2.75, 3.05) is 20.1 Å². The minimum atomic E-state index is -3.20. The Morgan fingerprint density at radius 2 is 1.70 bits per heavy atom. The molecule has 0 atom stereocenters. The molecule has 0 aromatic heterocycles. The minimum Gasteiger partial charge on any atom is -0.310 e. The van der Waals surface area contributed by atoms with E-state index in [0.717, 1.165) is 25.2 Å². The Bertz CT molecular complexity index is 576. The average Bonchev–Trinajstić information content (AvgIpc) is 2.54. The highest BCUT2D eigenvalue weighted by Crippen LogP contribution is 2.14. The lowest BCUT2D eigenvalue weighted by atomic mass is 10.0. The van der Waals surface area contributed by atoms with Crippen molar-refractivity contribution >= 4 is 10.0 Å². The van der Waals surface area contributed by atoms with Gasteiger partial charge in [-0.1, -0.05) is 24.3 Å². The van der Waals surface area contributed by atoms with E-state index in [4.69, 9.17) is 0 Å². The van der Waals surface area contributed by atoms with Gasteiger partial charge in [-0.2, -0.15) is 0 Å². The Kier molecular flexibility index (Phi) is 6.59. The number of nitrogens with zero attached hydrogens (tertiary/aromatic N) is 1. The number of rotatable bonds is 7. The second-order valence-corrected chi connectivity index (χ2v) is 8.49. The zero-order chi connectivity index (χ0) is 16.9. The van der Waals surface area contributed by atoms with Gasteiger partial charge in [-0.15, -0.1) is 0 Å². The maximum Gasteiger partial charge on any atom is 0.215 e. The first-order valence-corrected chi connectivity index (χ1v) is 10.0. The van der Waals surface area contributed by atoms with Gasteiger partial charge in [-0.05, 0) is 58.0 Å². The van der Waals surface area contributed by atoms with Gasteiger partial charge in [-0.3, -0.25) is 0 Å². The van der Waals surface area contributed by atoms with Crippen LogP contribution in [0.25, 0.3) is 0 Å². The molecule has 1 aliphatic rings. The largest absolute Gasteiger partial charge is 0.310 e. The molecular weight excluding hydrogens is 310 g/mol. The Morgan fingerprint density at radius 1 is 1.13 bits per heavy atom. The van der Waals surface area contributed by atoms with Gasteiger partial charge < -0.3 is 10.2 Å². The molecule has 1 saturated heterocycles. The molecule has 130 valence electrons. The van der Waals surface area contributed by atoms with Gasteiger partial charge in [-0.25, -0.2) is 13.1 Å². The van der Waals surface area contributed by atoms with Crippen LogP contribution in [0.15, 0.2) is 24.3 Å². The van der Waals surface area contributed by atoms with E-state index < -0.39 is 10.0 Å². The zero-order valence-electron chi connectivity index (χ0n) is 14.4. The molecule has 5 nitrogen and oxygen atoms in total. The Labute approximate surface area is 140 Å². The fourth-order valence-corrected chi connectivity index (χ4v) is 3.70. The molecule has 0 spiro atoms. The quantitative estimate of drug-likeness (QED) is 0.794. The standard InChI is InChI=1S/C17H29N3O2S/c1-14(2)20-10-8-17(9-11-20)19-12-15-4-6-16(7-5-15)13-23(21,22)18-3/h4-7,14,17-19H,8-13H2,1-3H3. The smallest absolute Gasteiger partial charge is 0.215 e. The molecule has 0 saturated carbocycles. The maximum atomic E-state index is 11.5. The molecule has 0 aliphatic carbocycles. The Hall–Kier alpha value is -0.950. The Morgan fingerprint density at radius 3 is 2.22 bits per heavy atom. The number of hydrogen-bond acceptors (Lipinski definition) is 4. The lowest BCUT2D eigenvalue weighted by Crippen LogP contribution is -2.44. The lowest BCUT2D eigenvalue weighted by Gasteiger charge is -2.35. The summed E-state index contributed by atoms with van der Waals surface area (Å²) in [5.41, 5.74) is 2.01. The van der Waals surface area contributed by atoms with Crippen molar-refractivity contribution in [2.45, 2.75) is 51.1 Å². The third-order valence-electron chi connectivity index (χ3n) is 4.55. The van der Waals surface area contributed by atoms with Crippen LogP contribution in [0.5, 0.6) is 0 Å². The van der Waals surface area contributed by atoms with Gasteiger partial charge in [0.15, 0.2) is 0 Å². The first-order chi connectivity index (χ1) is 10.9. The normalized spacial score (nSPS) is 17.7. The van der Waals surface area contributed by atoms with Gasteiger partial charge in [0.25, 0.3) is 0 Å². The molecule has 0 amide bonds. The third-order valence-corrected chi connectivity index (χ3v) is 5.88. The van der Waals surface area contributed by atoms with Crippen LogP contribution in [0.2, 0.25) is 0 Å². The summed E-state index contributed by atoms with van der Waals surface area (Å²) >= 11 is 0. The fraction of sp³-hybridized carbons (Fsp3) is 0.647. The zero-order valence-corrected chi connectivity index (χ0v) is 15.2. The number of benzene rings is 1.